The molecule has 2 heterocycles. The van der Waals surface area contributed by atoms with Crippen LogP contribution in [0.25, 0.3) is 10.1 Å². The number of carbonyl (C=O) groups is 1. The number of benzene rings is 1. The van der Waals surface area contributed by atoms with Gasteiger partial charge in [0.25, 0.3) is 0 Å². The first-order valence-electron chi connectivity index (χ1n) is 6.13. The maximum atomic E-state index is 12.1. The molecule has 0 unspecified atom stereocenters. The summed E-state index contributed by atoms with van der Waals surface area (Å²) in [5.41, 5.74) is 0.663. The van der Waals surface area contributed by atoms with Crippen molar-refractivity contribution in [3.63, 3.8) is 0 Å². The maximum absolute atomic E-state index is 12.1. The summed E-state index contributed by atoms with van der Waals surface area (Å²) in [4.78, 5) is 18.5. The van der Waals surface area contributed by atoms with Gasteiger partial charge in [0.1, 0.15) is 4.88 Å². The molecule has 0 aliphatic heterocycles. The summed E-state index contributed by atoms with van der Waals surface area (Å²) in [5, 5.41) is 7.10. The summed E-state index contributed by atoms with van der Waals surface area (Å²) < 4.78 is 0.952. The van der Waals surface area contributed by atoms with Gasteiger partial charge >= 0.3 is 5.97 Å². The third-order valence-electron chi connectivity index (χ3n) is 2.86. The quantitative estimate of drug-likeness (QED) is 0.375. The Kier molecular flexibility index (Phi) is 4.05. The third kappa shape index (κ3) is 2.85. The van der Waals surface area contributed by atoms with Gasteiger partial charge in [-0.1, -0.05) is 41.0 Å². The van der Waals surface area contributed by atoms with E-state index < -0.39 is 5.97 Å². The Morgan fingerprint density at radius 1 is 1.24 bits per heavy atom. The molecule has 0 saturated carbocycles. The second-order valence-electron chi connectivity index (χ2n) is 4.27. The maximum Gasteiger partial charge on any atom is 0.377 e. The van der Waals surface area contributed by atoms with Gasteiger partial charge in [0, 0.05) is 10.1 Å². The molecule has 0 saturated heterocycles. The van der Waals surface area contributed by atoms with E-state index in [2.05, 4.69) is 5.16 Å². The van der Waals surface area contributed by atoms with Crippen LogP contribution in [0, 0.1) is 0 Å². The Balaban J connectivity index is 1.84. The number of hydrogen-bond donors (Lipinski definition) is 0. The van der Waals surface area contributed by atoms with Crippen molar-refractivity contribution in [1.82, 2.24) is 0 Å². The highest BCUT2D eigenvalue weighted by Crippen LogP contribution is 2.35. The van der Waals surface area contributed by atoms with Crippen LogP contribution in [-0.4, -0.2) is 11.7 Å². The largest absolute Gasteiger partial charge is 0.377 e. The predicted octanol–water partition coefficient (Wildman–Crippen LogP) is 5.20. The summed E-state index contributed by atoms with van der Waals surface area (Å²) in [6, 6.07) is 11.4. The molecule has 0 fully saturated rings. The number of thiophene rings is 2. The number of halogens is 1. The topological polar surface area (TPSA) is 38.7 Å². The standard InChI is InChI=1S/C15H10ClNO2S2/c1-9(11-7-4-8-20-11)17-19-15(18)14-13(16)10-5-2-3-6-12(10)21-14/h2-8H,1H3. The van der Waals surface area contributed by atoms with Crippen molar-refractivity contribution in [2.24, 2.45) is 5.16 Å². The Morgan fingerprint density at radius 2 is 2.05 bits per heavy atom. The molecule has 0 spiro atoms. The molecule has 2 aromatic heterocycles. The molecule has 0 radical (unpaired) electrons. The molecule has 0 aliphatic rings. The van der Waals surface area contributed by atoms with Gasteiger partial charge in [-0.25, -0.2) is 4.79 Å². The number of nitrogens with zero attached hydrogens (tertiary/aromatic N) is 1. The highest BCUT2D eigenvalue weighted by atomic mass is 35.5. The molecule has 21 heavy (non-hydrogen) atoms. The van der Waals surface area contributed by atoms with Gasteiger partial charge in [-0.15, -0.1) is 22.7 Å². The molecule has 0 bridgehead atoms. The third-order valence-corrected chi connectivity index (χ3v) is 5.50. The SMILES string of the molecule is CC(=NOC(=O)c1sc2ccccc2c1Cl)c1cccs1. The first-order chi connectivity index (χ1) is 10.2. The Hall–Kier alpha value is -1.69. The highest BCUT2D eigenvalue weighted by Gasteiger charge is 2.18. The highest BCUT2D eigenvalue weighted by molar-refractivity contribution is 7.21. The Morgan fingerprint density at radius 3 is 2.76 bits per heavy atom. The minimum atomic E-state index is -0.530. The van der Waals surface area contributed by atoms with Gasteiger partial charge in [0.2, 0.25) is 0 Å². The van der Waals surface area contributed by atoms with Gasteiger partial charge in [0.05, 0.1) is 15.6 Å². The van der Waals surface area contributed by atoms with E-state index >= 15 is 0 Å². The van der Waals surface area contributed by atoms with E-state index in [1.165, 1.54) is 22.7 Å². The zero-order chi connectivity index (χ0) is 14.8. The second-order valence-corrected chi connectivity index (χ2v) is 6.65. The first-order valence-corrected chi connectivity index (χ1v) is 8.21. The molecule has 106 valence electrons. The molecule has 6 heteroatoms. The summed E-state index contributed by atoms with van der Waals surface area (Å²) >= 11 is 9.08. The van der Waals surface area contributed by atoms with E-state index in [0.29, 0.717) is 15.6 Å². The lowest BCUT2D eigenvalue weighted by Gasteiger charge is -1.97. The van der Waals surface area contributed by atoms with Gasteiger partial charge < -0.3 is 4.84 Å². The van der Waals surface area contributed by atoms with Crippen molar-refractivity contribution in [2.75, 3.05) is 0 Å². The molecule has 0 N–H and O–H groups in total. The second kappa shape index (κ2) is 5.97. The van der Waals surface area contributed by atoms with Crippen LogP contribution in [0.1, 0.15) is 21.5 Å². The Bertz CT molecular complexity index is 821. The van der Waals surface area contributed by atoms with Gasteiger partial charge in [-0.2, -0.15) is 0 Å². The van der Waals surface area contributed by atoms with Crippen molar-refractivity contribution >= 4 is 56.0 Å². The molecule has 1 aromatic carbocycles. The summed E-state index contributed by atoms with van der Waals surface area (Å²) in [7, 11) is 0. The Labute approximate surface area is 134 Å². The smallest absolute Gasteiger partial charge is 0.312 e. The average molecular weight is 336 g/mol. The lowest BCUT2D eigenvalue weighted by molar-refractivity contribution is 0.0522. The predicted molar refractivity (Wildman–Crippen MR) is 88.8 cm³/mol. The number of fused-ring (bicyclic) bond motifs is 1. The molecule has 3 nitrogen and oxygen atoms in total. The molecule has 3 aromatic rings. The van der Waals surface area contributed by atoms with Gasteiger partial charge in [0.15, 0.2) is 0 Å². The van der Waals surface area contributed by atoms with E-state index in [9.17, 15) is 4.79 Å². The van der Waals surface area contributed by atoms with E-state index in [1.54, 1.807) is 6.92 Å². The lowest BCUT2D eigenvalue weighted by atomic mass is 10.2. The van der Waals surface area contributed by atoms with Crippen LogP contribution in [0.3, 0.4) is 0 Å². The fourth-order valence-corrected chi connectivity index (χ4v) is 3.88. The molecular formula is C15H10ClNO2S2. The molecular weight excluding hydrogens is 326 g/mol. The average Bonchev–Trinajstić information content (AvgIpc) is 3.13. The van der Waals surface area contributed by atoms with E-state index in [-0.39, 0.29) is 0 Å². The first kappa shape index (κ1) is 14.3. The molecule has 0 amide bonds. The van der Waals surface area contributed by atoms with Gasteiger partial charge in [-0.3, -0.25) is 0 Å². The molecule has 3 rings (SSSR count). The monoisotopic (exact) mass is 335 g/mol. The number of rotatable bonds is 3. The summed E-state index contributed by atoms with van der Waals surface area (Å²) in [6.45, 7) is 1.80. The molecule has 0 aliphatic carbocycles. The van der Waals surface area contributed by atoms with Crippen molar-refractivity contribution in [1.29, 1.82) is 0 Å². The minimum Gasteiger partial charge on any atom is -0.312 e. The van der Waals surface area contributed by atoms with Crippen molar-refractivity contribution in [3.05, 3.63) is 56.6 Å². The van der Waals surface area contributed by atoms with E-state index in [0.717, 1.165) is 15.0 Å². The van der Waals surface area contributed by atoms with E-state index in [4.69, 9.17) is 16.4 Å². The fraction of sp³-hybridized carbons (Fsp3) is 0.0667. The summed E-state index contributed by atoms with van der Waals surface area (Å²) in [6.07, 6.45) is 0. The molecule has 0 atom stereocenters. The minimum absolute atomic E-state index is 0.376. The van der Waals surface area contributed by atoms with Crippen molar-refractivity contribution < 1.29 is 9.63 Å². The van der Waals surface area contributed by atoms with Crippen LogP contribution < -0.4 is 0 Å². The van der Waals surface area contributed by atoms with Crippen LogP contribution in [0.4, 0.5) is 0 Å². The van der Waals surface area contributed by atoms with Crippen LogP contribution in [0.5, 0.6) is 0 Å². The number of oxime groups is 1. The fourth-order valence-electron chi connectivity index (χ4n) is 1.83. The van der Waals surface area contributed by atoms with Gasteiger partial charge in [-0.05, 0) is 24.4 Å². The lowest BCUT2D eigenvalue weighted by Crippen LogP contribution is -2.01. The van der Waals surface area contributed by atoms with Crippen LogP contribution >= 0.6 is 34.3 Å². The number of carbonyl (C=O) groups excluding carboxylic acids is 1. The number of hydrogen-bond acceptors (Lipinski definition) is 5. The van der Waals surface area contributed by atoms with Crippen LogP contribution in [0.2, 0.25) is 5.02 Å². The normalized spacial score (nSPS) is 11.8. The van der Waals surface area contributed by atoms with E-state index in [1.807, 2.05) is 41.8 Å². The van der Waals surface area contributed by atoms with Crippen LogP contribution in [-0.2, 0) is 4.84 Å². The van der Waals surface area contributed by atoms with Crippen LogP contribution in [0.15, 0.2) is 46.9 Å². The zero-order valence-electron chi connectivity index (χ0n) is 11.0. The zero-order valence-corrected chi connectivity index (χ0v) is 13.4. The summed E-state index contributed by atoms with van der Waals surface area (Å²) in [5.74, 6) is -0.530. The van der Waals surface area contributed by atoms with Crippen molar-refractivity contribution in [2.45, 2.75) is 6.92 Å². The van der Waals surface area contributed by atoms with Crippen molar-refractivity contribution in [3.8, 4) is 0 Å².